The van der Waals surface area contributed by atoms with Gasteiger partial charge in [-0.25, -0.2) is 0 Å². The summed E-state index contributed by atoms with van der Waals surface area (Å²) in [5, 5.41) is 3.27. The highest BCUT2D eigenvalue weighted by atomic mass is 16.2. The summed E-state index contributed by atoms with van der Waals surface area (Å²) in [5.74, 6) is 0.906. The van der Waals surface area contributed by atoms with Gasteiger partial charge in [0.05, 0.1) is 6.54 Å². The number of hydrogen-bond donors (Lipinski definition) is 1. The Morgan fingerprint density at radius 1 is 1.44 bits per heavy atom. The maximum atomic E-state index is 12.5. The molecule has 0 aliphatic carbocycles. The van der Waals surface area contributed by atoms with Crippen molar-refractivity contribution in [3.63, 3.8) is 0 Å². The van der Waals surface area contributed by atoms with Gasteiger partial charge >= 0.3 is 0 Å². The van der Waals surface area contributed by atoms with E-state index in [0.29, 0.717) is 12.0 Å². The van der Waals surface area contributed by atoms with E-state index in [9.17, 15) is 4.79 Å². The van der Waals surface area contributed by atoms with Gasteiger partial charge in [-0.05, 0) is 36.8 Å². The van der Waals surface area contributed by atoms with Crippen LogP contribution in [-0.2, 0) is 11.2 Å². The minimum atomic E-state index is 0.0698. The monoisotopic (exact) mass is 373 g/mol. The molecule has 0 spiro atoms. The molecule has 0 radical (unpaired) electrons. The fraction of sp³-hybridized carbons (Fsp3) is 0.667. The van der Waals surface area contributed by atoms with Crippen LogP contribution in [0.5, 0.6) is 0 Å². The van der Waals surface area contributed by atoms with Crippen LogP contribution in [0.1, 0.15) is 45.2 Å². The minimum Gasteiger partial charge on any atom is -0.347 e. The van der Waals surface area contributed by atoms with Gasteiger partial charge in [-0.1, -0.05) is 26.3 Å². The number of rotatable bonds is 7. The van der Waals surface area contributed by atoms with E-state index in [1.807, 2.05) is 25.2 Å². The maximum Gasteiger partial charge on any atom is 0.241 e. The Morgan fingerprint density at radius 3 is 2.93 bits per heavy atom. The molecule has 1 saturated heterocycles. The van der Waals surface area contributed by atoms with E-state index in [1.54, 1.807) is 18.1 Å². The lowest BCUT2D eigenvalue weighted by Crippen LogP contribution is -2.51. The van der Waals surface area contributed by atoms with Gasteiger partial charge in [0.15, 0.2) is 5.96 Å². The fourth-order valence-corrected chi connectivity index (χ4v) is 3.88. The highest BCUT2D eigenvalue weighted by Crippen LogP contribution is 2.33. The SMILES string of the molecule is CCCC1(C)CCCN(C(=NC)NCC(=O)N(C)CCc2ccccn2)C1. The molecule has 0 bridgehead atoms. The predicted molar refractivity (Wildman–Crippen MR) is 111 cm³/mol. The van der Waals surface area contributed by atoms with Gasteiger partial charge in [0, 0.05) is 52.0 Å². The Labute approximate surface area is 164 Å². The molecule has 0 aromatic carbocycles. The van der Waals surface area contributed by atoms with Crippen LogP contribution in [0.25, 0.3) is 0 Å². The van der Waals surface area contributed by atoms with Gasteiger partial charge in [-0.2, -0.15) is 0 Å². The summed E-state index contributed by atoms with van der Waals surface area (Å²) >= 11 is 0. The van der Waals surface area contributed by atoms with E-state index in [1.165, 1.54) is 25.7 Å². The van der Waals surface area contributed by atoms with Crippen LogP contribution in [0.4, 0.5) is 0 Å². The zero-order valence-electron chi connectivity index (χ0n) is 17.4. The Kier molecular flexibility index (Phi) is 8.07. The third kappa shape index (κ3) is 6.52. The standard InChI is InChI=1S/C21H35N5O/c1-5-11-21(2)12-8-14-26(17-21)20(22-3)24-16-19(27)25(4)15-10-18-9-6-7-13-23-18/h6-7,9,13H,5,8,10-12,14-17H2,1-4H3,(H,22,24). The van der Waals surface area contributed by atoms with Crippen LogP contribution in [-0.4, -0.2) is 66.9 Å². The second kappa shape index (κ2) is 10.3. The Bertz CT molecular complexity index is 614. The molecule has 2 heterocycles. The number of guanidine groups is 1. The quantitative estimate of drug-likeness (QED) is 0.589. The highest BCUT2D eigenvalue weighted by Gasteiger charge is 2.31. The second-order valence-corrected chi connectivity index (χ2v) is 7.87. The molecule has 150 valence electrons. The van der Waals surface area contributed by atoms with Gasteiger partial charge in [-0.15, -0.1) is 0 Å². The average molecular weight is 374 g/mol. The highest BCUT2D eigenvalue weighted by molar-refractivity contribution is 5.86. The number of aromatic nitrogens is 1. The summed E-state index contributed by atoms with van der Waals surface area (Å²) < 4.78 is 0. The molecule has 1 fully saturated rings. The second-order valence-electron chi connectivity index (χ2n) is 7.87. The van der Waals surface area contributed by atoms with Gasteiger partial charge < -0.3 is 15.1 Å². The molecule has 6 nitrogen and oxygen atoms in total. The summed E-state index contributed by atoms with van der Waals surface area (Å²) in [4.78, 5) is 25.2. The third-order valence-electron chi connectivity index (χ3n) is 5.40. The third-order valence-corrected chi connectivity index (χ3v) is 5.40. The van der Waals surface area contributed by atoms with Crippen LogP contribution in [0.3, 0.4) is 0 Å². The van der Waals surface area contributed by atoms with Crippen molar-refractivity contribution in [3.05, 3.63) is 30.1 Å². The number of hydrogen-bond acceptors (Lipinski definition) is 3. The molecule has 1 atom stereocenters. The van der Waals surface area contributed by atoms with E-state index in [2.05, 4.69) is 34.0 Å². The number of pyridine rings is 1. The van der Waals surface area contributed by atoms with Gasteiger partial charge in [0.25, 0.3) is 0 Å². The van der Waals surface area contributed by atoms with E-state index in [-0.39, 0.29) is 12.5 Å². The number of nitrogens with one attached hydrogen (secondary N) is 1. The summed E-state index contributed by atoms with van der Waals surface area (Å²) in [7, 11) is 3.64. The van der Waals surface area contributed by atoms with Crippen LogP contribution in [0, 0.1) is 5.41 Å². The van der Waals surface area contributed by atoms with Crippen molar-refractivity contribution < 1.29 is 4.79 Å². The largest absolute Gasteiger partial charge is 0.347 e. The zero-order valence-corrected chi connectivity index (χ0v) is 17.4. The molecular weight excluding hydrogens is 338 g/mol. The van der Waals surface area contributed by atoms with Crippen LogP contribution >= 0.6 is 0 Å². The number of piperidine rings is 1. The molecule has 1 aliphatic rings. The van der Waals surface area contributed by atoms with Gasteiger partial charge in [-0.3, -0.25) is 14.8 Å². The summed E-state index contributed by atoms with van der Waals surface area (Å²) in [5.41, 5.74) is 1.35. The molecule has 27 heavy (non-hydrogen) atoms. The molecule has 1 N–H and O–H groups in total. The van der Waals surface area contributed by atoms with Crippen molar-refractivity contribution >= 4 is 11.9 Å². The smallest absolute Gasteiger partial charge is 0.241 e. The number of carbonyl (C=O) groups excluding carboxylic acids is 1. The first kappa shape index (κ1) is 21.2. The summed E-state index contributed by atoms with van der Waals surface area (Å²) in [6, 6.07) is 5.86. The first-order valence-corrected chi connectivity index (χ1v) is 10.1. The number of aliphatic imine (C=N–C) groups is 1. The minimum absolute atomic E-state index is 0.0698. The molecule has 6 heteroatoms. The van der Waals surface area contributed by atoms with E-state index < -0.39 is 0 Å². The number of likely N-dealkylation sites (tertiary alicyclic amines) is 1. The van der Waals surface area contributed by atoms with Crippen molar-refractivity contribution in [3.8, 4) is 0 Å². The van der Waals surface area contributed by atoms with Crippen molar-refractivity contribution in [1.82, 2.24) is 20.1 Å². The molecule has 2 rings (SSSR count). The average Bonchev–Trinajstić information content (AvgIpc) is 2.67. The predicted octanol–water partition coefficient (Wildman–Crippen LogP) is 2.56. The molecule has 1 amide bonds. The lowest BCUT2D eigenvalue weighted by molar-refractivity contribution is -0.128. The molecule has 1 aromatic heterocycles. The molecule has 1 aliphatic heterocycles. The van der Waals surface area contributed by atoms with E-state index in [0.717, 1.165) is 31.2 Å². The zero-order chi connectivity index (χ0) is 19.7. The number of likely N-dealkylation sites (N-methyl/N-ethyl adjacent to an activating group) is 1. The first-order valence-electron chi connectivity index (χ1n) is 10.1. The topological polar surface area (TPSA) is 60.8 Å². The van der Waals surface area contributed by atoms with Crippen LogP contribution in [0.15, 0.2) is 29.4 Å². The number of carbonyl (C=O) groups is 1. The van der Waals surface area contributed by atoms with Gasteiger partial charge in [0.2, 0.25) is 5.91 Å². The fourth-order valence-electron chi connectivity index (χ4n) is 3.88. The van der Waals surface area contributed by atoms with Gasteiger partial charge in [0.1, 0.15) is 0 Å². The first-order chi connectivity index (χ1) is 13.0. The molecular formula is C21H35N5O. The van der Waals surface area contributed by atoms with Crippen molar-refractivity contribution in [2.75, 3.05) is 40.3 Å². The lowest BCUT2D eigenvalue weighted by atomic mass is 9.78. The normalized spacial score (nSPS) is 20.4. The van der Waals surface area contributed by atoms with Crippen molar-refractivity contribution in [1.29, 1.82) is 0 Å². The Hall–Kier alpha value is -2.11. The van der Waals surface area contributed by atoms with E-state index in [4.69, 9.17) is 0 Å². The lowest BCUT2D eigenvalue weighted by Gasteiger charge is -2.42. The summed E-state index contributed by atoms with van der Waals surface area (Å²) in [6.45, 7) is 7.55. The maximum absolute atomic E-state index is 12.5. The van der Waals surface area contributed by atoms with E-state index >= 15 is 0 Å². The molecule has 1 aromatic rings. The summed E-state index contributed by atoms with van der Waals surface area (Å²) in [6.07, 6.45) is 7.43. The number of nitrogens with zero attached hydrogens (tertiary/aromatic N) is 4. The molecule has 0 saturated carbocycles. The molecule has 1 unspecified atom stereocenters. The van der Waals surface area contributed by atoms with Crippen LogP contribution < -0.4 is 5.32 Å². The van der Waals surface area contributed by atoms with Crippen molar-refractivity contribution in [2.24, 2.45) is 10.4 Å². The Balaban J connectivity index is 1.81. The van der Waals surface area contributed by atoms with Crippen molar-refractivity contribution in [2.45, 2.75) is 46.0 Å². The number of amides is 1. The van der Waals surface area contributed by atoms with Crippen LogP contribution in [0.2, 0.25) is 0 Å². The Morgan fingerprint density at radius 2 is 2.26 bits per heavy atom.